The van der Waals surface area contributed by atoms with Crippen LogP contribution in [0.25, 0.3) is 0 Å². The molecule has 2 amide bonds. The van der Waals surface area contributed by atoms with E-state index in [1.165, 1.54) is 0 Å². The summed E-state index contributed by atoms with van der Waals surface area (Å²) in [5.74, 6) is -0.886. The van der Waals surface area contributed by atoms with Crippen LogP contribution >= 0.6 is 11.6 Å². The van der Waals surface area contributed by atoms with Crippen molar-refractivity contribution < 1.29 is 14.7 Å². The molecular formula is C14H19ClN2O3. The molecule has 3 N–H and O–H groups in total. The maximum absolute atomic E-state index is 11.8. The third-order valence-electron chi connectivity index (χ3n) is 2.68. The first kappa shape index (κ1) is 16.3. The Hall–Kier alpha value is -1.75. The van der Waals surface area contributed by atoms with Crippen molar-refractivity contribution in [1.29, 1.82) is 0 Å². The number of urea groups is 1. The fourth-order valence-electron chi connectivity index (χ4n) is 1.73. The van der Waals surface area contributed by atoms with Gasteiger partial charge in [0.2, 0.25) is 0 Å². The lowest BCUT2D eigenvalue weighted by molar-refractivity contribution is -0.139. The van der Waals surface area contributed by atoms with Crippen LogP contribution in [0.4, 0.5) is 10.5 Å². The average molecular weight is 299 g/mol. The van der Waals surface area contributed by atoms with E-state index in [0.717, 1.165) is 5.56 Å². The molecule has 0 aromatic heterocycles. The highest BCUT2D eigenvalue weighted by Gasteiger charge is 2.21. The molecule has 6 heteroatoms. The number of amides is 2. The minimum absolute atomic E-state index is 0.166. The van der Waals surface area contributed by atoms with Crippen molar-refractivity contribution in [3.8, 4) is 0 Å². The molecule has 0 radical (unpaired) electrons. The molecule has 1 aromatic carbocycles. The lowest BCUT2D eigenvalue weighted by Crippen LogP contribution is -2.43. The van der Waals surface area contributed by atoms with Gasteiger partial charge in [0, 0.05) is 0 Å². The van der Waals surface area contributed by atoms with E-state index in [-0.39, 0.29) is 5.92 Å². The molecular weight excluding hydrogens is 280 g/mol. The van der Waals surface area contributed by atoms with Crippen LogP contribution in [0.15, 0.2) is 18.2 Å². The van der Waals surface area contributed by atoms with Gasteiger partial charge in [0.1, 0.15) is 6.04 Å². The van der Waals surface area contributed by atoms with Crippen LogP contribution in [-0.2, 0) is 4.79 Å². The summed E-state index contributed by atoms with van der Waals surface area (Å²) in [4.78, 5) is 22.9. The number of carboxylic acid groups (broad SMARTS) is 1. The molecule has 1 atom stereocenters. The minimum atomic E-state index is -1.05. The van der Waals surface area contributed by atoms with Crippen LogP contribution < -0.4 is 10.6 Å². The first-order valence-electron chi connectivity index (χ1n) is 6.36. The Balaban J connectivity index is 2.68. The summed E-state index contributed by atoms with van der Waals surface area (Å²) in [7, 11) is 0. The zero-order valence-corrected chi connectivity index (χ0v) is 12.5. The van der Waals surface area contributed by atoms with Crippen molar-refractivity contribution in [3.63, 3.8) is 0 Å². The van der Waals surface area contributed by atoms with E-state index in [4.69, 9.17) is 16.7 Å². The Bertz CT molecular complexity index is 503. The number of anilines is 1. The monoisotopic (exact) mass is 298 g/mol. The molecule has 0 spiro atoms. The number of halogens is 1. The standard InChI is InChI=1S/C14H19ClN2O3/c1-8(2)6-12(13(18)19)17-14(20)16-11-5-4-9(3)7-10(11)15/h4-5,7-8,12H,6H2,1-3H3,(H,18,19)(H2,16,17,20). The Morgan fingerprint density at radius 3 is 2.50 bits per heavy atom. The molecule has 0 bridgehead atoms. The highest BCUT2D eigenvalue weighted by Crippen LogP contribution is 2.22. The summed E-state index contributed by atoms with van der Waals surface area (Å²) in [6.45, 7) is 5.68. The largest absolute Gasteiger partial charge is 0.480 e. The lowest BCUT2D eigenvalue weighted by atomic mass is 10.0. The second-order valence-electron chi connectivity index (χ2n) is 5.10. The van der Waals surface area contributed by atoms with E-state index < -0.39 is 18.0 Å². The van der Waals surface area contributed by atoms with Gasteiger partial charge in [-0.3, -0.25) is 0 Å². The lowest BCUT2D eigenvalue weighted by Gasteiger charge is -2.17. The van der Waals surface area contributed by atoms with Crippen LogP contribution in [0.1, 0.15) is 25.8 Å². The number of rotatable bonds is 5. The van der Waals surface area contributed by atoms with Crippen molar-refractivity contribution >= 4 is 29.3 Å². The van der Waals surface area contributed by atoms with E-state index in [2.05, 4.69) is 10.6 Å². The van der Waals surface area contributed by atoms with Gasteiger partial charge in [0.25, 0.3) is 0 Å². The zero-order valence-electron chi connectivity index (χ0n) is 11.7. The third kappa shape index (κ3) is 5.09. The first-order valence-corrected chi connectivity index (χ1v) is 6.74. The van der Waals surface area contributed by atoms with Gasteiger partial charge in [-0.15, -0.1) is 0 Å². The molecule has 1 rings (SSSR count). The second-order valence-corrected chi connectivity index (χ2v) is 5.51. The van der Waals surface area contributed by atoms with Gasteiger partial charge >= 0.3 is 12.0 Å². The number of carbonyl (C=O) groups is 2. The Morgan fingerprint density at radius 1 is 1.35 bits per heavy atom. The van der Waals surface area contributed by atoms with E-state index in [0.29, 0.717) is 17.1 Å². The average Bonchev–Trinajstić information content (AvgIpc) is 2.31. The van der Waals surface area contributed by atoms with Crippen LogP contribution in [0.2, 0.25) is 5.02 Å². The van der Waals surface area contributed by atoms with Crippen molar-refractivity contribution in [3.05, 3.63) is 28.8 Å². The maximum atomic E-state index is 11.8. The highest BCUT2D eigenvalue weighted by molar-refractivity contribution is 6.33. The summed E-state index contributed by atoms with van der Waals surface area (Å²) < 4.78 is 0. The summed E-state index contributed by atoms with van der Waals surface area (Å²) in [6, 6.07) is 3.71. The summed E-state index contributed by atoms with van der Waals surface area (Å²) in [6.07, 6.45) is 0.365. The molecule has 1 aromatic rings. The third-order valence-corrected chi connectivity index (χ3v) is 3.00. The molecule has 1 unspecified atom stereocenters. The van der Waals surface area contributed by atoms with Crippen LogP contribution in [0.3, 0.4) is 0 Å². The summed E-state index contributed by atoms with van der Waals surface area (Å²) in [5, 5.41) is 14.5. The minimum Gasteiger partial charge on any atom is -0.480 e. The van der Waals surface area contributed by atoms with Crippen molar-refractivity contribution in [2.75, 3.05) is 5.32 Å². The molecule has 0 heterocycles. The van der Waals surface area contributed by atoms with Gasteiger partial charge in [0.15, 0.2) is 0 Å². The second kappa shape index (κ2) is 7.14. The number of hydrogen-bond acceptors (Lipinski definition) is 2. The van der Waals surface area contributed by atoms with E-state index in [1.54, 1.807) is 12.1 Å². The number of aryl methyl sites for hydroxylation is 1. The van der Waals surface area contributed by atoms with Crippen molar-refractivity contribution in [1.82, 2.24) is 5.32 Å². The molecule has 0 saturated heterocycles. The summed E-state index contributed by atoms with van der Waals surface area (Å²) >= 11 is 6.00. The van der Waals surface area contributed by atoms with Gasteiger partial charge in [0.05, 0.1) is 10.7 Å². The predicted octanol–water partition coefficient (Wildman–Crippen LogP) is 3.27. The number of benzene rings is 1. The molecule has 110 valence electrons. The van der Waals surface area contributed by atoms with E-state index in [1.807, 2.05) is 26.8 Å². The number of carboxylic acids is 1. The molecule has 0 fully saturated rings. The van der Waals surface area contributed by atoms with Gasteiger partial charge in [-0.2, -0.15) is 0 Å². The van der Waals surface area contributed by atoms with E-state index in [9.17, 15) is 9.59 Å². The molecule has 0 aliphatic rings. The smallest absolute Gasteiger partial charge is 0.326 e. The van der Waals surface area contributed by atoms with Gasteiger partial charge < -0.3 is 15.7 Å². The highest BCUT2D eigenvalue weighted by atomic mass is 35.5. The number of nitrogens with one attached hydrogen (secondary N) is 2. The molecule has 5 nitrogen and oxygen atoms in total. The Morgan fingerprint density at radius 2 is 2.00 bits per heavy atom. The van der Waals surface area contributed by atoms with Crippen molar-refractivity contribution in [2.24, 2.45) is 5.92 Å². The fraction of sp³-hybridized carbons (Fsp3) is 0.429. The molecule has 0 aliphatic heterocycles. The Labute approximate surface area is 123 Å². The Kier molecular flexibility index (Phi) is 5.82. The van der Waals surface area contributed by atoms with Crippen LogP contribution in [0, 0.1) is 12.8 Å². The zero-order chi connectivity index (χ0) is 15.3. The maximum Gasteiger partial charge on any atom is 0.326 e. The SMILES string of the molecule is Cc1ccc(NC(=O)NC(CC(C)C)C(=O)O)c(Cl)c1. The van der Waals surface area contributed by atoms with Crippen LogP contribution in [0.5, 0.6) is 0 Å². The van der Waals surface area contributed by atoms with Crippen molar-refractivity contribution in [2.45, 2.75) is 33.2 Å². The fourth-order valence-corrected chi connectivity index (χ4v) is 2.01. The normalized spacial score (nSPS) is 12.1. The molecule has 20 heavy (non-hydrogen) atoms. The van der Waals surface area contributed by atoms with Crippen LogP contribution in [-0.4, -0.2) is 23.1 Å². The molecule has 0 saturated carbocycles. The number of carbonyl (C=O) groups excluding carboxylic acids is 1. The summed E-state index contributed by atoms with van der Waals surface area (Å²) in [5.41, 5.74) is 1.42. The van der Waals surface area contributed by atoms with Gasteiger partial charge in [-0.1, -0.05) is 31.5 Å². The number of hydrogen-bond donors (Lipinski definition) is 3. The number of aliphatic carboxylic acids is 1. The van der Waals surface area contributed by atoms with Gasteiger partial charge in [-0.05, 0) is 37.0 Å². The molecule has 0 aliphatic carbocycles. The predicted molar refractivity (Wildman–Crippen MR) is 79.2 cm³/mol. The van der Waals surface area contributed by atoms with E-state index >= 15 is 0 Å². The van der Waals surface area contributed by atoms with Gasteiger partial charge in [-0.25, -0.2) is 9.59 Å². The quantitative estimate of drug-likeness (QED) is 0.780. The topological polar surface area (TPSA) is 78.4 Å². The first-order chi connectivity index (χ1) is 9.29.